The smallest absolute Gasteiger partial charge is 0.0553 e. The highest BCUT2D eigenvalue weighted by Gasteiger charge is 2.22. The topological polar surface area (TPSA) is 11.4 Å². The lowest BCUT2D eigenvalue weighted by molar-refractivity contribution is 1.18. The van der Waals surface area contributed by atoms with Crippen LogP contribution in [-0.2, 0) is 0 Å². The fourth-order valence-electron chi connectivity index (χ4n) is 11.6. The maximum Gasteiger partial charge on any atom is 0.0553 e. The summed E-state index contributed by atoms with van der Waals surface area (Å²) in [6, 6.07) is 112. The van der Waals surface area contributed by atoms with E-state index < -0.39 is 0 Å². The highest BCUT2D eigenvalue weighted by molar-refractivity contribution is 6.31. The summed E-state index contributed by atoms with van der Waals surface area (Å²) in [5, 5.41) is 7.46. The van der Waals surface area contributed by atoms with Crippen molar-refractivity contribution in [3.05, 3.63) is 309 Å². The second-order valence-electron chi connectivity index (χ2n) is 19.7. The minimum absolute atomic E-state index is 1.10. The van der Waals surface area contributed by atoms with E-state index in [1.54, 1.807) is 0 Å². The molecular formula is C74H51N3. The predicted molar refractivity (Wildman–Crippen MR) is 327 cm³/mol. The first-order valence-electron chi connectivity index (χ1n) is 26.4. The average molecular weight is 982 g/mol. The molecule has 0 unspecified atom stereocenters. The van der Waals surface area contributed by atoms with Gasteiger partial charge in [0.2, 0.25) is 0 Å². The maximum atomic E-state index is 2.49. The molecule has 1 heterocycles. The first kappa shape index (κ1) is 45.4. The van der Waals surface area contributed by atoms with Gasteiger partial charge in [0.25, 0.3) is 0 Å². The van der Waals surface area contributed by atoms with Crippen LogP contribution in [0.4, 0.5) is 34.1 Å². The third-order valence-corrected chi connectivity index (χ3v) is 15.2. The summed E-state index contributed by atoms with van der Waals surface area (Å²) in [4.78, 5) is 4.62. The highest BCUT2D eigenvalue weighted by Crippen LogP contribution is 2.47. The molecular weight excluding hydrogens is 931 g/mol. The summed E-state index contributed by atoms with van der Waals surface area (Å²) in [6.07, 6.45) is 0. The molecule has 77 heavy (non-hydrogen) atoms. The van der Waals surface area contributed by atoms with Crippen molar-refractivity contribution in [2.24, 2.45) is 0 Å². The molecule has 0 saturated carbocycles. The van der Waals surface area contributed by atoms with Crippen LogP contribution in [0.5, 0.6) is 0 Å². The predicted octanol–water partition coefficient (Wildman–Crippen LogP) is 20.7. The Labute approximate surface area is 449 Å². The van der Waals surface area contributed by atoms with E-state index in [4.69, 9.17) is 0 Å². The number of para-hydroxylation sites is 5. The lowest BCUT2D eigenvalue weighted by Gasteiger charge is -2.25. The molecule has 0 aliphatic heterocycles. The number of anilines is 6. The van der Waals surface area contributed by atoms with Crippen molar-refractivity contribution in [1.29, 1.82) is 0 Å². The lowest BCUT2D eigenvalue weighted by Crippen LogP contribution is -2.09. The molecule has 0 saturated heterocycles. The van der Waals surface area contributed by atoms with Crippen LogP contribution < -0.4 is 9.80 Å². The summed E-state index contributed by atoms with van der Waals surface area (Å²) < 4.78 is 2.49. The number of fused-ring (bicyclic) bond motifs is 7. The van der Waals surface area contributed by atoms with Crippen LogP contribution in [0.2, 0.25) is 0 Å². The zero-order chi connectivity index (χ0) is 51.1. The van der Waals surface area contributed by atoms with E-state index in [0.717, 1.165) is 39.8 Å². The molecule has 362 valence electrons. The number of benzene rings is 13. The van der Waals surface area contributed by atoms with Crippen LogP contribution in [0.3, 0.4) is 0 Å². The fraction of sp³-hybridized carbons (Fsp3) is 0. The molecule has 0 radical (unpaired) electrons. The van der Waals surface area contributed by atoms with E-state index >= 15 is 0 Å². The molecule has 0 aliphatic carbocycles. The van der Waals surface area contributed by atoms with Gasteiger partial charge in [0.05, 0.1) is 11.0 Å². The minimum atomic E-state index is 1.10. The third kappa shape index (κ3) is 8.28. The summed E-state index contributed by atoms with van der Waals surface area (Å²) in [5.74, 6) is 0. The Morgan fingerprint density at radius 1 is 0.208 bits per heavy atom. The molecule has 14 rings (SSSR count). The van der Waals surface area contributed by atoms with Crippen molar-refractivity contribution in [2.75, 3.05) is 9.80 Å². The van der Waals surface area contributed by atoms with Crippen LogP contribution in [0, 0.1) is 0 Å². The van der Waals surface area contributed by atoms with Crippen molar-refractivity contribution in [3.8, 4) is 50.2 Å². The van der Waals surface area contributed by atoms with E-state index in [-0.39, 0.29) is 0 Å². The lowest BCUT2D eigenvalue weighted by atomic mass is 9.91. The van der Waals surface area contributed by atoms with E-state index in [1.807, 2.05) is 0 Å². The number of hydrogen-bond donors (Lipinski definition) is 0. The number of rotatable bonds is 11. The normalized spacial score (nSPS) is 11.4. The molecule has 0 atom stereocenters. The Bertz CT molecular complexity index is 4290. The Balaban J connectivity index is 0.839. The second-order valence-corrected chi connectivity index (χ2v) is 19.7. The van der Waals surface area contributed by atoms with Crippen LogP contribution >= 0.6 is 0 Å². The minimum Gasteiger partial charge on any atom is -0.311 e. The van der Waals surface area contributed by atoms with Gasteiger partial charge in [-0.2, -0.15) is 0 Å². The van der Waals surface area contributed by atoms with Crippen LogP contribution in [0.15, 0.2) is 309 Å². The van der Waals surface area contributed by atoms with E-state index in [2.05, 4.69) is 324 Å². The molecule has 0 amide bonds. The van der Waals surface area contributed by atoms with E-state index in [9.17, 15) is 0 Å². The molecule has 3 heteroatoms. The molecule has 13 aromatic carbocycles. The molecule has 0 aliphatic rings. The van der Waals surface area contributed by atoms with Gasteiger partial charge in [0.15, 0.2) is 0 Å². The molecule has 0 spiro atoms. The number of hydrogen-bond acceptors (Lipinski definition) is 2. The highest BCUT2D eigenvalue weighted by atomic mass is 15.1. The summed E-state index contributed by atoms with van der Waals surface area (Å²) >= 11 is 0. The largest absolute Gasteiger partial charge is 0.311 e. The first-order valence-corrected chi connectivity index (χ1v) is 26.4. The Hall–Kier alpha value is -10.2. The van der Waals surface area contributed by atoms with Crippen molar-refractivity contribution < 1.29 is 0 Å². The van der Waals surface area contributed by atoms with Gasteiger partial charge < -0.3 is 14.4 Å². The van der Waals surface area contributed by atoms with Crippen molar-refractivity contribution in [2.45, 2.75) is 0 Å². The average Bonchev–Trinajstić information content (AvgIpc) is 3.86. The van der Waals surface area contributed by atoms with Gasteiger partial charge in [0.1, 0.15) is 0 Å². The van der Waals surface area contributed by atoms with Gasteiger partial charge in [-0.1, -0.05) is 212 Å². The Morgan fingerprint density at radius 3 is 0.792 bits per heavy atom. The molecule has 3 nitrogen and oxygen atoms in total. The summed E-state index contributed by atoms with van der Waals surface area (Å²) in [5.41, 5.74) is 19.7. The number of nitrogens with zero attached hydrogens (tertiary/aromatic N) is 3. The quantitative estimate of drug-likeness (QED) is 0.128. The van der Waals surface area contributed by atoms with Gasteiger partial charge in [-0.3, -0.25) is 0 Å². The molecule has 0 bridgehead atoms. The summed E-state index contributed by atoms with van der Waals surface area (Å²) in [6.45, 7) is 0. The van der Waals surface area contributed by atoms with Crippen LogP contribution in [0.25, 0.3) is 93.5 Å². The van der Waals surface area contributed by atoms with Crippen molar-refractivity contribution >= 4 is 77.5 Å². The zero-order valence-corrected chi connectivity index (χ0v) is 42.3. The standard InChI is InChI=1S/C74H51N3/c1-6-20-58(21-7-1)75(59-22-8-2-9-23-59)63-46-42-55(43-47-63)53-36-34-52(35-37-53)54-38-40-56(41-39-54)69-50-71-73(67-32-18-16-30-65(67)69)74-68-33-19-17-31-66(68)70(51-72(74)77(71)62-28-14-5-15-29-62)57-44-48-64(49-45-57)76(60-24-10-3-11-25-60)61-26-12-4-13-27-61/h1-51H. The van der Waals surface area contributed by atoms with Crippen molar-refractivity contribution in [1.82, 2.24) is 4.57 Å². The van der Waals surface area contributed by atoms with Crippen molar-refractivity contribution in [3.63, 3.8) is 0 Å². The van der Waals surface area contributed by atoms with Gasteiger partial charge >= 0.3 is 0 Å². The molecule has 0 fully saturated rings. The van der Waals surface area contributed by atoms with E-state index in [0.29, 0.717) is 0 Å². The Kier molecular flexibility index (Phi) is 11.5. The van der Waals surface area contributed by atoms with Gasteiger partial charge in [0, 0.05) is 50.6 Å². The van der Waals surface area contributed by atoms with Gasteiger partial charge in [-0.15, -0.1) is 0 Å². The third-order valence-electron chi connectivity index (χ3n) is 15.2. The SMILES string of the molecule is c1ccc(N(c2ccccc2)c2ccc(-c3ccc(-c4ccc(-c5cc6c(c7ccccc57)c5c7ccccc7c(-c7ccc(N(c8ccccc8)c8ccccc8)cc7)cc5n6-c5ccccc5)cc4)cc3)cc2)cc1. The van der Waals surface area contributed by atoms with Gasteiger partial charge in [-0.05, 0) is 163 Å². The fourth-order valence-corrected chi connectivity index (χ4v) is 11.6. The number of aromatic nitrogens is 1. The zero-order valence-electron chi connectivity index (χ0n) is 42.3. The molecule has 1 aromatic heterocycles. The molecule has 0 N–H and O–H groups in total. The maximum absolute atomic E-state index is 2.49. The van der Waals surface area contributed by atoms with Crippen LogP contribution in [-0.4, -0.2) is 4.57 Å². The Morgan fingerprint density at radius 2 is 0.455 bits per heavy atom. The van der Waals surface area contributed by atoms with Crippen LogP contribution in [0.1, 0.15) is 0 Å². The summed E-state index contributed by atoms with van der Waals surface area (Å²) in [7, 11) is 0. The second kappa shape index (κ2) is 19.6. The monoisotopic (exact) mass is 981 g/mol. The van der Waals surface area contributed by atoms with Gasteiger partial charge in [-0.25, -0.2) is 0 Å². The molecule has 14 aromatic rings. The first-order chi connectivity index (χ1) is 38.2. The van der Waals surface area contributed by atoms with E-state index in [1.165, 1.54) is 87.9 Å².